The predicted molar refractivity (Wildman–Crippen MR) is 78.3 cm³/mol. The van der Waals surface area contributed by atoms with Crippen molar-refractivity contribution in [1.82, 2.24) is 0 Å². The van der Waals surface area contributed by atoms with Crippen molar-refractivity contribution < 1.29 is 4.39 Å². The largest absolute Gasteiger partial charge is 0.397 e. The van der Waals surface area contributed by atoms with Crippen molar-refractivity contribution in [2.45, 2.75) is 0 Å². The first-order chi connectivity index (χ1) is 8.47. The maximum Gasteiger partial charge on any atom is 0.139 e. The van der Waals surface area contributed by atoms with Gasteiger partial charge in [-0.15, -0.1) is 0 Å². The van der Waals surface area contributed by atoms with Gasteiger partial charge in [-0.2, -0.15) is 0 Å². The molecule has 0 aromatic heterocycles. The Bertz CT molecular complexity index is 605. The van der Waals surface area contributed by atoms with Gasteiger partial charge in [0.2, 0.25) is 0 Å². The first kappa shape index (κ1) is 13.5. The summed E-state index contributed by atoms with van der Waals surface area (Å²) in [5.74, 6) is -0.421. The van der Waals surface area contributed by atoms with Crippen LogP contribution in [-0.4, -0.2) is 0 Å². The van der Waals surface area contributed by atoms with Crippen molar-refractivity contribution in [1.29, 1.82) is 0 Å². The molecule has 3 N–H and O–H groups in total. The van der Waals surface area contributed by atoms with Crippen LogP contribution in [-0.2, 0) is 0 Å². The Balaban J connectivity index is 2.40. The van der Waals surface area contributed by atoms with Crippen molar-refractivity contribution in [2.24, 2.45) is 0 Å². The Kier molecular flexibility index (Phi) is 4.00. The van der Waals surface area contributed by atoms with E-state index in [2.05, 4.69) is 21.2 Å². The lowest BCUT2D eigenvalue weighted by Gasteiger charge is -2.12. The van der Waals surface area contributed by atoms with Gasteiger partial charge in [0.25, 0.3) is 0 Å². The summed E-state index contributed by atoms with van der Waals surface area (Å²) in [4.78, 5) is 0. The molecule has 0 radical (unpaired) electrons. The average molecular weight is 350 g/mol. The van der Waals surface area contributed by atoms with Gasteiger partial charge >= 0.3 is 0 Å². The molecule has 6 heteroatoms. The van der Waals surface area contributed by atoms with Gasteiger partial charge in [-0.05, 0) is 40.2 Å². The van der Waals surface area contributed by atoms with Gasteiger partial charge < -0.3 is 11.1 Å². The topological polar surface area (TPSA) is 38.0 Å². The molecule has 0 spiro atoms. The highest BCUT2D eigenvalue weighted by Gasteiger charge is 2.08. The van der Waals surface area contributed by atoms with E-state index in [0.717, 1.165) is 0 Å². The number of hydrogen-bond acceptors (Lipinski definition) is 2. The SMILES string of the molecule is Nc1cc(F)c(Br)cc1Nc1cc(Cl)ccc1Cl. The average Bonchev–Trinajstić information content (AvgIpc) is 2.30. The van der Waals surface area contributed by atoms with E-state index in [1.54, 1.807) is 24.3 Å². The minimum Gasteiger partial charge on any atom is -0.397 e. The Labute approximate surface area is 122 Å². The molecule has 94 valence electrons. The molecule has 0 unspecified atom stereocenters. The molecule has 0 heterocycles. The molecule has 0 fully saturated rings. The molecule has 2 rings (SSSR count). The summed E-state index contributed by atoms with van der Waals surface area (Å²) >= 11 is 15.0. The third-order valence-corrected chi connectivity index (χ3v) is 3.46. The fraction of sp³-hybridized carbons (Fsp3) is 0. The van der Waals surface area contributed by atoms with E-state index in [1.807, 2.05) is 0 Å². The Morgan fingerprint density at radius 2 is 1.83 bits per heavy atom. The Morgan fingerprint density at radius 1 is 1.11 bits per heavy atom. The summed E-state index contributed by atoms with van der Waals surface area (Å²) in [5.41, 5.74) is 7.17. The van der Waals surface area contributed by atoms with Gasteiger partial charge in [0.15, 0.2) is 0 Å². The first-order valence-electron chi connectivity index (χ1n) is 4.94. The quantitative estimate of drug-likeness (QED) is 0.729. The number of hydrogen-bond donors (Lipinski definition) is 2. The molecular weight excluding hydrogens is 342 g/mol. The maximum absolute atomic E-state index is 13.2. The van der Waals surface area contributed by atoms with E-state index < -0.39 is 5.82 Å². The second-order valence-electron chi connectivity index (χ2n) is 3.60. The third kappa shape index (κ3) is 2.88. The predicted octanol–water partition coefficient (Wildman–Crippen LogP) is 5.22. The number of benzene rings is 2. The second kappa shape index (κ2) is 5.34. The number of halogens is 4. The molecule has 2 aromatic rings. The van der Waals surface area contributed by atoms with Crippen molar-refractivity contribution in [3.8, 4) is 0 Å². The van der Waals surface area contributed by atoms with E-state index in [-0.39, 0.29) is 5.69 Å². The number of rotatable bonds is 2. The van der Waals surface area contributed by atoms with Gasteiger partial charge in [-0.3, -0.25) is 0 Å². The highest BCUT2D eigenvalue weighted by Crippen LogP contribution is 2.33. The minimum absolute atomic E-state index is 0.284. The molecule has 0 aliphatic rings. The normalized spacial score (nSPS) is 10.4. The smallest absolute Gasteiger partial charge is 0.139 e. The lowest BCUT2D eigenvalue weighted by molar-refractivity contribution is 0.622. The molecule has 2 aromatic carbocycles. The second-order valence-corrected chi connectivity index (χ2v) is 5.30. The molecule has 2 nitrogen and oxygen atoms in total. The third-order valence-electron chi connectivity index (χ3n) is 2.29. The lowest BCUT2D eigenvalue weighted by atomic mass is 10.2. The summed E-state index contributed by atoms with van der Waals surface area (Å²) in [5, 5.41) is 4.05. The highest BCUT2D eigenvalue weighted by atomic mass is 79.9. The van der Waals surface area contributed by atoms with Crippen LogP contribution in [0.2, 0.25) is 10.0 Å². The molecule has 0 saturated heterocycles. The molecule has 0 atom stereocenters. The fourth-order valence-electron chi connectivity index (χ4n) is 1.41. The number of nitrogens with one attached hydrogen (secondary N) is 1. The molecule has 0 aliphatic heterocycles. The molecule has 0 aliphatic carbocycles. The summed E-state index contributed by atoms with van der Waals surface area (Å²) in [6.45, 7) is 0. The molecule has 0 saturated carbocycles. The monoisotopic (exact) mass is 348 g/mol. The number of nitrogens with two attached hydrogens (primary N) is 1. The summed E-state index contributed by atoms with van der Waals surface area (Å²) < 4.78 is 13.6. The van der Waals surface area contributed by atoms with Crippen LogP contribution in [0, 0.1) is 5.82 Å². The van der Waals surface area contributed by atoms with Gasteiger partial charge in [-0.25, -0.2) is 4.39 Å². The zero-order valence-electron chi connectivity index (χ0n) is 8.98. The van der Waals surface area contributed by atoms with Crippen LogP contribution >= 0.6 is 39.1 Å². The van der Waals surface area contributed by atoms with Gasteiger partial charge in [0, 0.05) is 11.1 Å². The van der Waals surface area contributed by atoms with Gasteiger partial charge in [0.05, 0.1) is 26.6 Å². The first-order valence-corrected chi connectivity index (χ1v) is 6.49. The summed E-state index contributed by atoms with van der Waals surface area (Å²) in [6, 6.07) is 7.79. The lowest BCUT2D eigenvalue weighted by Crippen LogP contribution is -1.98. The van der Waals surface area contributed by atoms with Crippen molar-refractivity contribution in [2.75, 3.05) is 11.1 Å². The highest BCUT2D eigenvalue weighted by molar-refractivity contribution is 9.10. The minimum atomic E-state index is -0.421. The van der Waals surface area contributed by atoms with E-state index in [4.69, 9.17) is 28.9 Å². The maximum atomic E-state index is 13.2. The number of anilines is 3. The molecular formula is C12H8BrCl2FN2. The molecule has 0 bridgehead atoms. The van der Waals surface area contributed by atoms with Gasteiger partial charge in [0.1, 0.15) is 5.82 Å². The van der Waals surface area contributed by atoms with Crippen LogP contribution in [0.1, 0.15) is 0 Å². The summed E-state index contributed by atoms with van der Waals surface area (Å²) in [7, 11) is 0. The number of nitrogen functional groups attached to an aromatic ring is 1. The Morgan fingerprint density at radius 3 is 2.56 bits per heavy atom. The van der Waals surface area contributed by atoms with Crippen molar-refractivity contribution in [3.05, 3.63) is 50.7 Å². The van der Waals surface area contributed by atoms with Crippen LogP contribution < -0.4 is 11.1 Å². The van der Waals surface area contributed by atoms with Crippen molar-refractivity contribution in [3.63, 3.8) is 0 Å². The van der Waals surface area contributed by atoms with E-state index in [9.17, 15) is 4.39 Å². The van der Waals surface area contributed by atoms with Crippen molar-refractivity contribution >= 4 is 56.2 Å². The zero-order chi connectivity index (χ0) is 13.3. The van der Waals surface area contributed by atoms with E-state index in [0.29, 0.717) is 25.9 Å². The van der Waals surface area contributed by atoms with Crippen LogP contribution in [0.15, 0.2) is 34.8 Å². The molecule has 0 amide bonds. The molecule has 18 heavy (non-hydrogen) atoms. The van der Waals surface area contributed by atoms with Crippen LogP contribution in [0.3, 0.4) is 0 Å². The van der Waals surface area contributed by atoms with E-state index >= 15 is 0 Å². The van der Waals surface area contributed by atoms with E-state index in [1.165, 1.54) is 6.07 Å². The van der Waals surface area contributed by atoms with Gasteiger partial charge in [-0.1, -0.05) is 23.2 Å². The van der Waals surface area contributed by atoms with Crippen LogP contribution in [0.25, 0.3) is 0 Å². The standard InChI is InChI=1S/C12H8BrCl2FN2/c13-7-4-12(10(17)5-9(7)16)18-11-3-6(14)1-2-8(11)15/h1-5,18H,17H2. The van der Waals surface area contributed by atoms with Crippen LogP contribution in [0.5, 0.6) is 0 Å². The Hall–Kier alpha value is -0.970. The fourth-order valence-corrected chi connectivity index (χ4v) is 2.09. The van der Waals surface area contributed by atoms with Crippen LogP contribution in [0.4, 0.5) is 21.5 Å². The zero-order valence-corrected chi connectivity index (χ0v) is 12.1. The summed E-state index contributed by atoms with van der Waals surface area (Å²) in [6.07, 6.45) is 0.